The van der Waals surface area contributed by atoms with E-state index in [1.54, 1.807) is 24.3 Å². The Kier molecular flexibility index (Phi) is 4.84. The normalized spacial score (nSPS) is 16.9. The maximum atomic E-state index is 11.4. The Morgan fingerprint density at radius 3 is 2.41 bits per heavy atom. The van der Waals surface area contributed by atoms with Crippen molar-refractivity contribution in [3.05, 3.63) is 119 Å². The highest BCUT2D eigenvalue weighted by Crippen LogP contribution is 2.40. The number of allylic oxidation sites excluding steroid dienone is 1. The highest BCUT2D eigenvalue weighted by molar-refractivity contribution is 6.11. The van der Waals surface area contributed by atoms with E-state index < -0.39 is 12.0 Å². The number of aromatic carboxylic acids is 1. The predicted octanol–water partition coefficient (Wildman–Crippen LogP) is 5.24. The van der Waals surface area contributed by atoms with Gasteiger partial charge in [0.15, 0.2) is 5.82 Å². The van der Waals surface area contributed by atoms with Crippen molar-refractivity contribution in [2.24, 2.45) is 21.0 Å². The minimum absolute atomic E-state index is 0.191. The van der Waals surface area contributed by atoms with E-state index in [-0.39, 0.29) is 5.56 Å². The molecule has 1 atom stereocenters. The molecule has 2 aliphatic rings. The zero-order chi connectivity index (χ0) is 22.1. The SMILES string of the molecule is NC1=C2C(=CC(c3cccc(C(=O)O)c3)=NC2c2ccc(Oc3ccccc3)cc2)N=N1. The molecule has 7 nitrogen and oxygen atoms in total. The van der Waals surface area contributed by atoms with Gasteiger partial charge in [-0.3, -0.25) is 4.99 Å². The highest BCUT2D eigenvalue weighted by atomic mass is 16.5. The third kappa shape index (κ3) is 3.67. The van der Waals surface area contributed by atoms with Crippen LogP contribution in [0.4, 0.5) is 0 Å². The van der Waals surface area contributed by atoms with Crippen molar-refractivity contribution in [1.82, 2.24) is 0 Å². The predicted molar refractivity (Wildman–Crippen MR) is 120 cm³/mol. The number of carbonyl (C=O) groups is 1. The topological polar surface area (TPSA) is 110 Å². The van der Waals surface area contributed by atoms with Crippen molar-refractivity contribution in [3.8, 4) is 11.5 Å². The number of hydrogen-bond donors (Lipinski definition) is 2. The van der Waals surface area contributed by atoms with Gasteiger partial charge in [0.1, 0.15) is 17.5 Å². The van der Waals surface area contributed by atoms with Crippen LogP contribution in [0.2, 0.25) is 0 Å². The van der Waals surface area contributed by atoms with E-state index in [1.807, 2.05) is 60.7 Å². The lowest BCUT2D eigenvalue weighted by atomic mass is 9.92. The second-order valence-corrected chi connectivity index (χ2v) is 7.32. The van der Waals surface area contributed by atoms with Crippen LogP contribution in [-0.2, 0) is 0 Å². The van der Waals surface area contributed by atoms with E-state index in [1.165, 1.54) is 0 Å². The summed E-state index contributed by atoms with van der Waals surface area (Å²) in [7, 11) is 0. The molecule has 0 amide bonds. The van der Waals surface area contributed by atoms with Crippen LogP contribution >= 0.6 is 0 Å². The quantitative estimate of drug-likeness (QED) is 0.586. The fraction of sp³-hybridized carbons (Fsp3) is 0.0400. The molecule has 2 aliphatic heterocycles. The van der Waals surface area contributed by atoms with Crippen molar-refractivity contribution in [2.45, 2.75) is 6.04 Å². The van der Waals surface area contributed by atoms with E-state index >= 15 is 0 Å². The number of rotatable bonds is 5. The van der Waals surface area contributed by atoms with E-state index in [2.05, 4.69) is 10.2 Å². The third-order valence-electron chi connectivity index (χ3n) is 5.21. The third-order valence-corrected chi connectivity index (χ3v) is 5.21. The first-order valence-corrected chi connectivity index (χ1v) is 9.96. The summed E-state index contributed by atoms with van der Waals surface area (Å²) in [6, 6.07) is 23.4. The van der Waals surface area contributed by atoms with Crippen LogP contribution in [0.15, 0.2) is 117 Å². The molecule has 0 saturated carbocycles. The summed E-state index contributed by atoms with van der Waals surface area (Å²) in [4.78, 5) is 16.3. The average Bonchev–Trinajstić information content (AvgIpc) is 3.20. The van der Waals surface area contributed by atoms with E-state index in [9.17, 15) is 9.90 Å². The van der Waals surface area contributed by atoms with Gasteiger partial charge >= 0.3 is 5.97 Å². The Bertz CT molecular complexity index is 1320. The fourth-order valence-corrected chi connectivity index (χ4v) is 3.66. The number of azo groups is 1. The molecule has 3 aromatic rings. The molecule has 0 fully saturated rings. The van der Waals surface area contributed by atoms with Gasteiger partial charge in [0, 0.05) is 5.56 Å². The van der Waals surface area contributed by atoms with Crippen LogP contribution in [0.1, 0.15) is 27.5 Å². The van der Waals surface area contributed by atoms with Gasteiger partial charge in [-0.1, -0.05) is 42.5 Å². The highest BCUT2D eigenvalue weighted by Gasteiger charge is 2.30. The number of para-hydroxylation sites is 1. The van der Waals surface area contributed by atoms with Crippen molar-refractivity contribution in [3.63, 3.8) is 0 Å². The molecule has 156 valence electrons. The summed E-state index contributed by atoms with van der Waals surface area (Å²) in [5, 5.41) is 17.5. The van der Waals surface area contributed by atoms with E-state index in [0.29, 0.717) is 28.5 Å². The summed E-state index contributed by atoms with van der Waals surface area (Å²) in [5.74, 6) is 0.787. The molecule has 32 heavy (non-hydrogen) atoms. The lowest BCUT2D eigenvalue weighted by Gasteiger charge is -2.21. The Balaban J connectivity index is 1.50. The Hall–Kier alpha value is -4.52. The van der Waals surface area contributed by atoms with Gasteiger partial charge in [-0.05, 0) is 48.0 Å². The van der Waals surface area contributed by atoms with Crippen molar-refractivity contribution < 1.29 is 14.6 Å². The van der Waals surface area contributed by atoms with Gasteiger partial charge < -0.3 is 15.6 Å². The summed E-state index contributed by atoms with van der Waals surface area (Å²) in [6.07, 6.45) is 1.78. The molecule has 0 aromatic heterocycles. The van der Waals surface area contributed by atoms with Crippen LogP contribution < -0.4 is 10.5 Å². The Morgan fingerprint density at radius 2 is 1.66 bits per heavy atom. The number of carboxylic acids is 1. The van der Waals surface area contributed by atoms with Gasteiger partial charge in [-0.15, -0.1) is 10.2 Å². The average molecular weight is 422 g/mol. The van der Waals surface area contributed by atoms with E-state index in [4.69, 9.17) is 15.5 Å². The molecule has 0 spiro atoms. The fourth-order valence-electron chi connectivity index (χ4n) is 3.66. The summed E-state index contributed by atoms with van der Waals surface area (Å²) >= 11 is 0. The Labute approximate surface area is 183 Å². The van der Waals surface area contributed by atoms with Gasteiger partial charge in [0.25, 0.3) is 0 Å². The molecule has 1 unspecified atom stereocenters. The summed E-state index contributed by atoms with van der Waals surface area (Å²) in [6.45, 7) is 0. The van der Waals surface area contributed by atoms with Crippen molar-refractivity contribution in [1.29, 1.82) is 0 Å². The van der Waals surface area contributed by atoms with Crippen LogP contribution in [0.25, 0.3) is 0 Å². The monoisotopic (exact) mass is 422 g/mol. The number of fused-ring (bicyclic) bond motifs is 1. The lowest BCUT2D eigenvalue weighted by Crippen LogP contribution is -2.14. The van der Waals surface area contributed by atoms with Gasteiger partial charge in [-0.2, -0.15) is 0 Å². The lowest BCUT2D eigenvalue weighted by molar-refractivity contribution is 0.0697. The summed E-state index contributed by atoms with van der Waals surface area (Å²) in [5.41, 5.74) is 9.86. The number of nitrogens with zero attached hydrogens (tertiary/aromatic N) is 3. The number of benzene rings is 3. The molecular formula is C25H18N4O3. The van der Waals surface area contributed by atoms with Crippen LogP contribution in [-0.4, -0.2) is 16.8 Å². The number of carboxylic acid groups (broad SMARTS) is 1. The number of aliphatic imine (C=N–C) groups is 1. The minimum atomic E-state index is -0.994. The van der Waals surface area contributed by atoms with Gasteiger partial charge in [0.05, 0.1) is 22.5 Å². The molecule has 7 heteroatoms. The molecule has 0 aliphatic carbocycles. The molecule has 0 bridgehead atoms. The molecule has 3 N–H and O–H groups in total. The standard InChI is InChI=1S/C25H18N4O3/c26-24-22-21(28-29-24)14-20(16-5-4-6-17(13-16)25(30)31)27-23(22)15-9-11-19(12-10-15)32-18-7-2-1-3-8-18/h1-14,23H,26H2,(H,30,31). The zero-order valence-corrected chi connectivity index (χ0v) is 16.8. The second kappa shape index (κ2) is 7.96. The maximum absolute atomic E-state index is 11.4. The van der Waals surface area contributed by atoms with E-state index in [0.717, 1.165) is 16.9 Å². The zero-order valence-electron chi connectivity index (χ0n) is 16.8. The molecular weight excluding hydrogens is 404 g/mol. The smallest absolute Gasteiger partial charge is 0.335 e. The van der Waals surface area contributed by atoms with Crippen molar-refractivity contribution >= 4 is 11.7 Å². The molecule has 2 heterocycles. The molecule has 3 aromatic carbocycles. The first kappa shape index (κ1) is 19.4. The van der Waals surface area contributed by atoms with Crippen LogP contribution in [0.3, 0.4) is 0 Å². The molecule has 0 radical (unpaired) electrons. The number of nitrogens with two attached hydrogens (primary N) is 1. The molecule has 0 saturated heterocycles. The second-order valence-electron chi connectivity index (χ2n) is 7.32. The number of dihydropyridines is 1. The summed E-state index contributed by atoms with van der Waals surface area (Å²) < 4.78 is 5.88. The minimum Gasteiger partial charge on any atom is -0.478 e. The van der Waals surface area contributed by atoms with Gasteiger partial charge in [-0.25, -0.2) is 4.79 Å². The first-order valence-electron chi connectivity index (χ1n) is 9.96. The van der Waals surface area contributed by atoms with Crippen molar-refractivity contribution in [2.75, 3.05) is 0 Å². The number of hydrogen-bond acceptors (Lipinski definition) is 6. The largest absolute Gasteiger partial charge is 0.478 e. The van der Waals surface area contributed by atoms with Crippen LogP contribution in [0, 0.1) is 0 Å². The molecule has 5 rings (SSSR count). The first-order chi connectivity index (χ1) is 15.6. The maximum Gasteiger partial charge on any atom is 0.335 e. The van der Waals surface area contributed by atoms with Gasteiger partial charge in [0.2, 0.25) is 0 Å². The Morgan fingerprint density at radius 1 is 0.906 bits per heavy atom. The van der Waals surface area contributed by atoms with Crippen LogP contribution in [0.5, 0.6) is 11.5 Å². The number of ether oxygens (including phenoxy) is 1.